The second-order valence-electron chi connectivity index (χ2n) is 5.12. The molecule has 2 aromatic rings. The molecule has 6 nitrogen and oxygen atoms in total. The van der Waals surface area contributed by atoms with Gasteiger partial charge in [0, 0.05) is 5.69 Å². The first-order valence-corrected chi connectivity index (χ1v) is 7.93. The molecule has 0 spiro atoms. The first-order chi connectivity index (χ1) is 10.4. The van der Waals surface area contributed by atoms with E-state index in [2.05, 4.69) is 10.6 Å². The Hall–Kier alpha value is -2.02. The summed E-state index contributed by atoms with van der Waals surface area (Å²) in [5.74, 6) is -0.120. The topological polar surface area (TPSA) is 79.0 Å². The minimum atomic E-state index is -0.467. The van der Waals surface area contributed by atoms with Gasteiger partial charge in [0.2, 0.25) is 5.91 Å². The molecule has 0 bridgehead atoms. The van der Waals surface area contributed by atoms with Crippen LogP contribution in [0.15, 0.2) is 32.5 Å². The molecule has 1 amide bonds. The predicted octanol–water partition coefficient (Wildman–Crippen LogP) is 1.92. The van der Waals surface area contributed by atoms with E-state index in [0.717, 1.165) is 16.8 Å². The number of hydrogen-bond acceptors (Lipinski definition) is 4. The van der Waals surface area contributed by atoms with Gasteiger partial charge in [0.05, 0.1) is 5.25 Å². The summed E-state index contributed by atoms with van der Waals surface area (Å²) in [6.45, 7) is 5.82. The van der Waals surface area contributed by atoms with Crippen molar-refractivity contribution in [2.75, 3.05) is 5.32 Å². The average molecular weight is 322 g/mol. The van der Waals surface area contributed by atoms with E-state index >= 15 is 0 Å². The minimum Gasteiger partial charge on any atom is -0.325 e. The molecular formula is C15H20N3O3S+. The lowest BCUT2D eigenvalue weighted by atomic mass is 10.1. The van der Waals surface area contributed by atoms with E-state index in [1.165, 1.54) is 16.4 Å². The van der Waals surface area contributed by atoms with Crippen LogP contribution in [0.4, 0.5) is 5.69 Å². The van der Waals surface area contributed by atoms with E-state index in [-0.39, 0.29) is 11.2 Å². The molecule has 0 fully saturated rings. The summed E-state index contributed by atoms with van der Waals surface area (Å²) in [5.41, 5.74) is 2.39. The Morgan fingerprint density at radius 1 is 1.41 bits per heavy atom. The van der Waals surface area contributed by atoms with Crippen molar-refractivity contribution in [3.8, 4) is 0 Å². The fraction of sp³-hybridized carbons (Fsp3) is 0.400. The highest BCUT2D eigenvalue weighted by molar-refractivity contribution is 8.00. The second-order valence-corrected chi connectivity index (χ2v) is 6.31. The van der Waals surface area contributed by atoms with Gasteiger partial charge in [0.1, 0.15) is 0 Å². The zero-order chi connectivity index (χ0) is 16.3. The third kappa shape index (κ3) is 3.41. The molecule has 0 aliphatic carbocycles. The normalized spacial score (nSPS) is 12.2. The first-order valence-electron chi connectivity index (χ1n) is 7.05. The van der Waals surface area contributed by atoms with E-state index in [9.17, 15) is 9.59 Å². The summed E-state index contributed by atoms with van der Waals surface area (Å²) >= 11 is 1.20. The van der Waals surface area contributed by atoms with Gasteiger partial charge in [0.15, 0.2) is 7.05 Å². The smallest absolute Gasteiger partial charge is 0.325 e. The summed E-state index contributed by atoms with van der Waals surface area (Å²) in [6, 6.07) is 5.87. The van der Waals surface area contributed by atoms with Crippen LogP contribution in [0.3, 0.4) is 0 Å². The maximum absolute atomic E-state index is 12.5. The lowest BCUT2D eigenvalue weighted by Gasteiger charge is -2.15. The van der Waals surface area contributed by atoms with Crippen LogP contribution < -0.4 is 15.6 Å². The molecule has 1 atom stereocenters. The highest BCUT2D eigenvalue weighted by atomic mass is 32.2. The van der Waals surface area contributed by atoms with E-state index in [1.807, 2.05) is 39.0 Å². The number of H-pyrrole nitrogens is 1. The molecule has 1 heterocycles. The highest BCUT2D eigenvalue weighted by Gasteiger charge is 2.27. The molecule has 1 aromatic carbocycles. The Morgan fingerprint density at radius 3 is 2.55 bits per heavy atom. The van der Waals surface area contributed by atoms with E-state index in [0.29, 0.717) is 11.4 Å². The summed E-state index contributed by atoms with van der Waals surface area (Å²) in [7, 11) is 1.67. The number of aromatic nitrogens is 2. The number of rotatable bonds is 5. The quantitative estimate of drug-likeness (QED) is 0.651. The van der Waals surface area contributed by atoms with Gasteiger partial charge in [-0.3, -0.25) is 9.32 Å². The van der Waals surface area contributed by atoms with Crippen LogP contribution >= 0.6 is 11.8 Å². The van der Waals surface area contributed by atoms with Gasteiger partial charge < -0.3 is 5.32 Å². The van der Waals surface area contributed by atoms with Gasteiger partial charge >= 0.3 is 10.7 Å². The first kappa shape index (κ1) is 16.4. The SMILES string of the molecule is CCC(Sc1c(=O)o[nH][n+]1C)C(=O)Nc1c(C)cccc1C. The molecule has 1 unspecified atom stereocenters. The second kappa shape index (κ2) is 6.83. The molecule has 0 aliphatic rings. The van der Waals surface area contributed by atoms with Gasteiger partial charge in [-0.15, -0.1) is 0 Å². The Labute approximate surface area is 132 Å². The minimum absolute atomic E-state index is 0.120. The number of para-hydroxylation sites is 1. The molecule has 0 aliphatic heterocycles. The molecule has 2 N–H and O–H groups in total. The lowest BCUT2D eigenvalue weighted by molar-refractivity contribution is -0.772. The number of nitrogens with zero attached hydrogens (tertiary/aromatic N) is 1. The number of aromatic amines is 1. The number of hydrogen-bond donors (Lipinski definition) is 2. The van der Waals surface area contributed by atoms with E-state index in [1.54, 1.807) is 7.05 Å². The van der Waals surface area contributed by atoms with Crippen LogP contribution in [0.1, 0.15) is 24.5 Å². The number of benzene rings is 1. The maximum Gasteiger partial charge on any atom is 0.441 e. The molecule has 7 heteroatoms. The largest absolute Gasteiger partial charge is 0.441 e. The average Bonchev–Trinajstić information content (AvgIpc) is 2.79. The summed E-state index contributed by atoms with van der Waals surface area (Å²) in [6.07, 6.45) is 0.603. The number of thioether (sulfide) groups is 1. The molecule has 1 aromatic heterocycles. The van der Waals surface area contributed by atoms with E-state index in [4.69, 9.17) is 4.52 Å². The number of carbonyl (C=O) groups is 1. The standard InChI is InChI=1S/C15H19N3O3S/c1-5-11(22-14-15(20)21-17-18(14)4)13(19)16-12-9(2)7-6-8-10(12)3/h6-8,11H,5H2,1-4H3,(H-,16,17,19,20)/p+1. The molecule has 22 heavy (non-hydrogen) atoms. The van der Waals surface area contributed by atoms with Crippen LogP contribution in [0.2, 0.25) is 0 Å². The predicted molar refractivity (Wildman–Crippen MR) is 85.0 cm³/mol. The monoisotopic (exact) mass is 322 g/mol. The van der Waals surface area contributed by atoms with Crippen LogP contribution in [-0.2, 0) is 11.8 Å². The van der Waals surface area contributed by atoms with Crippen molar-refractivity contribution in [2.24, 2.45) is 7.05 Å². The third-order valence-electron chi connectivity index (χ3n) is 3.40. The Balaban J connectivity index is 2.18. The highest BCUT2D eigenvalue weighted by Crippen LogP contribution is 2.24. The van der Waals surface area contributed by atoms with Gasteiger partial charge in [-0.1, -0.05) is 29.8 Å². The fourth-order valence-corrected chi connectivity index (χ4v) is 3.07. The molecule has 0 radical (unpaired) electrons. The van der Waals surface area contributed by atoms with Crippen molar-refractivity contribution in [2.45, 2.75) is 37.5 Å². The number of aryl methyl sites for hydroxylation is 3. The van der Waals surface area contributed by atoms with Gasteiger partial charge in [0.25, 0.3) is 0 Å². The zero-order valence-electron chi connectivity index (χ0n) is 13.1. The third-order valence-corrected chi connectivity index (χ3v) is 4.90. The molecule has 0 saturated heterocycles. The Morgan fingerprint density at radius 2 is 2.05 bits per heavy atom. The Kier molecular flexibility index (Phi) is 5.07. The maximum atomic E-state index is 12.5. The summed E-state index contributed by atoms with van der Waals surface area (Å²) in [4.78, 5) is 24.1. The Bertz CT molecular complexity index is 716. The molecule has 2 rings (SSSR count). The van der Waals surface area contributed by atoms with E-state index < -0.39 is 5.63 Å². The molecule has 118 valence electrons. The van der Waals surface area contributed by atoms with Crippen molar-refractivity contribution in [1.29, 1.82) is 0 Å². The van der Waals surface area contributed by atoms with Crippen LogP contribution in [0.5, 0.6) is 0 Å². The number of nitrogens with one attached hydrogen (secondary N) is 2. The van der Waals surface area contributed by atoms with Crippen molar-refractivity contribution in [1.82, 2.24) is 5.27 Å². The van der Waals surface area contributed by atoms with Crippen molar-refractivity contribution >= 4 is 23.4 Å². The fourth-order valence-electron chi connectivity index (χ4n) is 2.13. The van der Waals surface area contributed by atoms with Gasteiger partial charge in [-0.05, 0) is 48.4 Å². The number of amides is 1. The summed E-state index contributed by atoms with van der Waals surface area (Å²) in [5, 5.41) is 5.43. The summed E-state index contributed by atoms with van der Waals surface area (Å²) < 4.78 is 6.18. The van der Waals surface area contributed by atoms with Crippen LogP contribution in [0.25, 0.3) is 0 Å². The number of carbonyl (C=O) groups excluding carboxylic acids is 1. The zero-order valence-corrected chi connectivity index (χ0v) is 13.9. The van der Waals surface area contributed by atoms with Crippen molar-refractivity contribution in [3.63, 3.8) is 0 Å². The van der Waals surface area contributed by atoms with Crippen molar-refractivity contribution in [3.05, 3.63) is 39.7 Å². The van der Waals surface area contributed by atoms with Gasteiger partial charge in [-0.25, -0.2) is 4.79 Å². The number of anilines is 1. The molecular weight excluding hydrogens is 302 g/mol. The van der Waals surface area contributed by atoms with Crippen LogP contribution in [-0.4, -0.2) is 16.4 Å². The molecule has 0 saturated carbocycles. The lowest BCUT2D eigenvalue weighted by Crippen LogP contribution is -2.36. The van der Waals surface area contributed by atoms with Gasteiger partial charge in [-0.2, -0.15) is 0 Å². The van der Waals surface area contributed by atoms with Crippen molar-refractivity contribution < 1.29 is 14.0 Å². The van der Waals surface area contributed by atoms with Crippen LogP contribution in [0, 0.1) is 13.8 Å².